The number of rotatable bonds is 6. The van der Waals surface area contributed by atoms with E-state index in [1.165, 1.54) is 16.2 Å². The van der Waals surface area contributed by atoms with E-state index in [0.717, 1.165) is 31.9 Å². The number of thiophene rings is 1. The number of nitrogens with one attached hydrogen (secondary N) is 1. The van der Waals surface area contributed by atoms with Gasteiger partial charge in [-0.25, -0.2) is 0 Å². The minimum atomic E-state index is -1.03. The Kier molecular flexibility index (Phi) is 6.51. The summed E-state index contributed by atoms with van der Waals surface area (Å²) >= 11 is 7.11. The number of aliphatic hydroxyl groups excluding tert-OH is 1. The normalized spacial score (nSPS) is 18.3. The Morgan fingerprint density at radius 2 is 1.85 bits per heavy atom. The molecule has 2 N–H and O–H groups in total. The highest BCUT2D eigenvalue weighted by Crippen LogP contribution is 2.36. The summed E-state index contributed by atoms with van der Waals surface area (Å²) < 4.78 is 0.516. The molecule has 2 aliphatic rings. The van der Waals surface area contributed by atoms with E-state index in [9.17, 15) is 14.7 Å². The molecule has 8 nitrogen and oxygen atoms in total. The van der Waals surface area contributed by atoms with Gasteiger partial charge in [-0.15, -0.1) is 11.3 Å². The molecule has 34 heavy (non-hydrogen) atoms. The van der Waals surface area contributed by atoms with Crippen LogP contribution in [0.25, 0.3) is 0 Å². The summed E-state index contributed by atoms with van der Waals surface area (Å²) in [6.45, 7) is 4.59. The molecule has 0 spiro atoms. The predicted octanol–water partition coefficient (Wildman–Crippen LogP) is 3.32. The van der Waals surface area contributed by atoms with Crippen LogP contribution in [0.15, 0.2) is 54.9 Å². The number of carbonyl (C=O) groups is 2. The Balaban J connectivity index is 1.22. The number of anilines is 2. The number of piperazine rings is 1. The van der Waals surface area contributed by atoms with Gasteiger partial charge in [-0.05, 0) is 30.3 Å². The monoisotopic (exact) mass is 497 g/mol. The van der Waals surface area contributed by atoms with E-state index in [1.54, 1.807) is 42.7 Å². The highest BCUT2D eigenvalue weighted by molar-refractivity contribution is 7.18. The van der Waals surface area contributed by atoms with Crippen LogP contribution >= 0.6 is 22.9 Å². The largest absolute Gasteiger partial charge is 0.369 e. The third-order valence-electron chi connectivity index (χ3n) is 6.25. The first kappa shape index (κ1) is 22.8. The molecule has 0 radical (unpaired) electrons. The quantitative estimate of drug-likeness (QED) is 0.543. The van der Waals surface area contributed by atoms with Crippen molar-refractivity contribution in [1.82, 2.24) is 14.8 Å². The SMILES string of the molecule is O=C(Nc1cccc2c1C(=O)N(CCN1CCN(c3ccncc3)CC1)C2O)c1ccc(Cl)s1. The van der Waals surface area contributed by atoms with Crippen molar-refractivity contribution in [3.63, 3.8) is 0 Å². The fraction of sp³-hybridized carbons (Fsp3) is 0.292. The second kappa shape index (κ2) is 9.71. The Morgan fingerprint density at radius 1 is 1.09 bits per heavy atom. The molecule has 3 aromatic rings. The summed E-state index contributed by atoms with van der Waals surface area (Å²) in [4.78, 5) is 36.4. The van der Waals surface area contributed by atoms with Crippen molar-refractivity contribution in [2.24, 2.45) is 0 Å². The zero-order chi connectivity index (χ0) is 23.7. The van der Waals surface area contributed by atoms with Gasteiger partial charge >= 0.3 is 0 Å². The van der Waals surface area contributed by atoms with Crippen LogP contribution in [0, 0.1) is 0 Å². The molecule has 176 valence electrons. The van der Waals surface area contributed by atoms with Gasteiger partial charge in [-0.3, -0.25) is 19.5 Å². The number of nitrogens with zero attached hydrogens (tertiary/aromatic N) is 4. The van der Waals surface area contributed by atoms with Gasteiger partial charge in [0.2, 0.25) is 0 Å². The predicted molar refractivity (Wildman–Crippen MR) is 133 cm³/mol. The number of amides is 2. The summed E-state index contributed by atoms with van der Waals surface area (Å²) in [5.41, 5.74) is 2.40. The van der Waals surface area contributed by atoms with Crippen LogP contribution in [0.1, 0.15) is 31.8 Å². The van der Waals surface area contributed by atoms with Gasteiger partial charge < -0.3 is 20.2 Å². The van der Waals surface area contributed by atoms with E-state index in [1.807, 2.05) is 12.1 Å². The molecule has 1 saturated heterocycles. The van der Waals surface area contributed by atoms with Crippen molar-refractivity contribution in [2.45, 2.75) is 6.23 Å². The Morgan fingerprint density at radius 3 is 2.56 bits per heavy atom. The zero-order valence-corrected chi connectivity index (χ0v) is 19.9. The van der Waals surface area contributed by atoms with E-state index in [0.29, 0.717) is 39.1 Å². The molecular weight excluding hydrogens is 474 g/mol. The highest BCUT2D eigenvalue weighted by Gasteiger charge is 2.37. The third kappa shape index (κ3) is 4.52. The lowest BCUT2D eigenvalue weighted by atomic mass is 10.1. The smallest absolute Gasteiger partial charge is 0.265 e. The molecule has 0 saturated carbocycles. The fourth-order valence-corrected chi connectivity index (χ4v) is 5.37. The van der Waals surface area contributed by atoms with Gasteiger partial charge in [0.15, 0.2) is 6.23 Å². The van der Waals surface area contributed by atoms with Crippen LogP contribution in [0.5, 0.6) is 0 Å². The van der Waals surface area contributed by atoms with Gasteiger partial charge in [0.25, 0.3) is 11.8 Å². The van der Waals surface area contributed by atoms with Gasteiger partial charge in [-0.1, -0.05) is 23.7 Å². The molecule has 2 aliphatic heterocycles. The van der Waals surface area contributed by atoms with E-state index in [-0.39, 0.29) is 11.8 Å². The van der Waals surface area contributed by atoms with Crippen LogP contribution < -0.4 is 10.2 Å². The number of carbonyl (C=O) groups excluding carboxylic acids is 2. The Hall–Kier alpha value is -2.98. The van der Waals surface area contributed by atoms with Crippen molar-refractivity contribution < 1.29 is 14.7 Å². The van der Waals surface area contributed by atoms with E-state index in [4.69, 9.17) is 11.6 Å². The van der Waals surface area contributed by atoms with Crippen molar-refractivity contribution >= 4 is 46.1 Å². The highest BCUT2D eigenvalue weighted by atomic mass is 35.5. The van der Waals surface area contributed by atoms with Crippen LogP contribution in [0.2, 0.25) is 4.34 Å². The minimum absolute atomic E-state index is 0.280. The Labute approximate surface area is 206 Å². The molecule has 10 heteroatoms. The van der Waals surface area contributed by atoms with Crippen molar-refractivity contribution in [2.75, 3.05) is 49.5 Å². The zero-order valence-electron chi connectivity index (χ0n) is 18.4. The molecule has 1 atom stereocenters. The summed E-state index contributed by atoms with van der Waals surface area (Å²) in [6, 6.07) is 12.5. The maximum absolute atomic E-state index is 13.2. The molecule has 5 rings (SSSR count). The van der Waals surface area contributed by atoms with E-state index in [2.05, 4.69) is 20.1 Å². The summed E-state index contributed by atoms with van der Waals surface area (Å²) in [5.74, 6) is -0.615. The van der Waals surface area contributed by atoms with Gasteiger partial charge in [-0.2, -0.15) is 0 Å². The molecule has 2 aromatic heterocycles. The molecule has 1 unspecified atom stereocenters. The second-order valence-corrected chi connectivity index (χ2v) is 9.95. The number of fused-ring (bicyclic) bond motifs is 1. The minimum Gasteiger partial charge on any atom is -0.369 e. The number of halogens is 1. The number of hydrogen-bond donors (Lipinski definition) is 2. The van der Waals surface area contributed by atoms with Crippen molar-refractivity contribution in [3.05, 3.63) is 75.2 Å². The molecule has 4 heterocycles. The number of aliphatic hydroxyl groups is 1. The van der Waals surface area contributed by atoms with Gasteiger partial charge in [0.05, 0.1) is 20.5 Å². The first-order chi connectivity index (χ1) is 16.5. The Bertz CT molecular complexity index is 1200. The maximum atomic E-state index is 13.2. The topological polar surface area (TPSA) is 89.0 Å². The number of hydrogen-bond acceptors (Lipinski definition) is 7. The lowest BCUT2D eigenvalue weighted by Gasteiger charge is -2.36. The fourth-order valence-electron chi connectivity index (χ4n) is 4.43. The average molecular weight is 498 g/mol. The lowest BCUT2D eigenvalue weighted by Crippen LogP contribution is -2.48. The molecule has 2 amide bonds. The van der Waals surface area contributed by atoms with Gasteiger partial charge in [0, 0.05) is 62.9 Å². The first-order valence-electron chi connectivity index (χ1n) is 11.1. The third-order valence-corrected chi connectivity index (χ3v) is 7.48. The summed E-state index contributed by atoms with van der Waals surface area (Å²) in [6.07, 6.45) is 2.56. The summed E-state index contributed by atoms with van der Waals surface area (Å²) in [5, 5.41) is 13.7. The van der Waals surface area contributed by atoms with Crippen molar-refractivity contribution in [1.29, 1.82) is 0 Å². The number of pyridine rings is 1. The lowest BCUT2D eigenvalue weighted by molar-refractivity contribution is 0.0134. The van der Waals surface area contributed by atoms with Crippen LogP contribution in [-0.2, 0) is 0 Å². The number of benzene rings is 1. The van der Waals surface area contributed by atoms with E-state index >= 15 is 0 Å². The average Bonchev–Trinajstić information content (AvgIpc) is 3.40. The second-order valence-electron chi connectivity index (χ2n) is 8.23. The molecule has 0 bridgehead atoms. The van der Waals surface area contributed by atoms with Crippen molar-refractivity contribution in [3.8, 4) is 0 Å². The molecular formula is C24H24ClN5O3S. The number of aromatic nitrogens is 1. The first-order valence-corrected chi connectivity index (χ1v) is 12.3. The van der Waals surface area contributed by atoms with Crippen LogP contribution in [0.4, 0.5) is 11.4 Å². The standard InChI is InChI=1S/C24H24ClN5O3S/c25-20-5-4-19(34-20)22(31)27-18-3-1-2-17-21(18)24(33)30(23(17)32)15-12-28-10-13-29(14-11-28)16-6-8-26-9-7-16/h1-9,23,32H,10-15H2,(H,27,31). The maximum Gasteiger partial charge on any atom is 0.265 e. The molecule has 1 fully saturated rings. The van der Waals surface area contributed by atoms with Crippen LogP contribution in [-0.4, -0.2) is 71.0 Å². The summed E-state index contributed by atoms with van der Waals surface area (Å²) in [7, 11) is 0. The molecule has 1 aromatic carbocycles. The van der Waals surface area contributed by atoms with E-state index < -0.39 is 6.23 Å². The van der Waals surface area contributed by atoms with Gasteiger partial charge in [0.1, 0.15) is 0 Å². The van der Waals surface area contributed by atoms with Crippen LogP contribution in [0.3, 0.4) is 0 Å². The molecule has 0 aliphatic carbocycles.